The van der Waals surface area contributed by atoms with E-state index in [2.05, 4.69) is 61.8 Å². The van der Waals surface area contributed by atoms with Crippen molar-refractivity contribution in [1.82, 2.24) is 0 Å². The topological polar surface area (TPSA) is 24.9 Å². The summed E-state index contributed by atoms with van der Waals surface area (Å²) in [6.45, 7) is 12.3. The third-order valence-corrected chi connectivity index (χ3v) is 4.10. The number of likely N-dealkylation sites (N-methyl/N-ethyl adjacent to an activating group) is 2. The number of hydrogen-bond donors (Lipinski definition) is 0. The van der Waals surface area contributed by atoms with Crippen LogP contribution in [0.1, 0.15) is 27.7 Å². The van der Waals surface area contributed by atoms with Crippen molar-refractivity contribution in [2.45, 2.75) is 39.9 Å². The third-order valence-electron chi connectivity index (χ3n) is 4.10. The van der Waals surface area contributed by atoms with E-state index < -0.39 is 0 Å². The van der Waals surface area contributed by atoms with Crippen LogP contribution in [0.4, 0.5) is 11.4 Å². The van der Waals surface area contributed by atoms with Gasteiger partial charge in [-0.05, 0) is 52.0 Å². The number of rotatable bonds is 10. The molecule has 0 spiro atoms. The molecule has 0 saturated carbocycles. The highest BCUT2D eigenvalue weighted by molar-refractivity contribution is 5.56. The van der Waals surface area contributed by atoms with Gasteiger partial charge in [-0.2, -0.15) is 0 Å². The normalized spacial score (nSPS) is 13.7. The molecular weight excluding hydrogens is 276 g/mol. The lowest BCUT2D eigenvalue weighted by Crippen LogP contribution is -2.32. The molecule has 1 aromatic rings. The lowest BCUT2D eigenvalue weighted by Gasteiger charge is -2.28. The Labute approximate surface area is 136 Å². The second kappa shape index (κ2) is 9.70. The van der Waals surface area contributed by atoms with Crippen LogP contribution in [0.2, 0.25) is 0 Å². The summed E-state index contributed by atoms with van der Waals surface area (Å²) in [5.74, 6) is 0. The van der Waals surface area contributed by atoms with Crippen LogP contribution in [0.25, 0.3) is 0 Å². The van der Waals surface area contributed by atoms with E-state index in [1.54, 1.807) is 14.2 Å². The average Bonchev–Trinajstić information content (AvgIpc) is 2.57. The largest absolute Gasteiger partial charge is 0.380 e. The smallest absolute Gasteiger partial charge is 0.0718 e. The minimum absolute atomic E-state index is 0.231. The molecule has 22 heavy (non-hydrogen) atoms. The van der Waals surface area contributed by atoms with E-state index >= 15 is 0 Å². The van der Waals surface area contributed by atoms with Gasteiger partial charge in [0.05, 0.1) is 12.2 Å². The summed E-state index contributed by atoms with van der Waals surface area (Å²) in [6.07, 6.45) is 0.462. The van der Waals surface area contributed by atoms with Crippen LogP contribution >= 0.6 is 0 Å². The van der Waals surface area contributed by atoms with E-state index in [0.29, 0.717) is 0 Å². The van der Waals surface area contributed by atoms with Crippen molar-refractivity contribution in [1.29, 1.82) is 0 Å². The second-order valence-corrected chi connectivity index (χ2v) is 5.69. The number of hydrogen-bond acceptors (Lipinski definition) is 4. The third kappa shape index (κ3) is 5.50. The van der Waals surface area contributed by atoms with E-state index in [9.17, 15) is 0 Å². The predicted molar refractivity (Wildman–Crippen MR) is 95.2 cm³/mol. The Morgan fingerprint density at radius 2 is 1.09 bits per heavy atom. The quantitative estimate of drug-likeness (QED) is 0.661. The lowest BCUT2D eigenvalue weighted by atomic mass is 10.2. The number of methoxy groups -OCH3 is 2. The second-order valence-electron chi connectivity index (χ2n) is 5.69. The van der Waals surface area contributed by atoms with Gasteiger partial charge in [-0.3, -0.25) is 0 Å². The highest BCUT2D eigenvalue weighted by atomic mass is 16.5. The van der Waals surface area contributed by atoms with Crippen molar-refractivity contribution in [3.8, 4) is 0 Å². The molecule has 0 aliphatic rings. The van der Waals surface area contributed by atoms with Crippen LogP contribution in [-0.4, -0.2) is 52.6 Å². The first-order chi connectivity index (χ1) is 10.5. The molecule has 126 valence electrons. The number of nitrogens with zero attached hydrogens (tertiary/aromatic N) is 2. The zero-order valence-electron chi connectivity index (χ0n) is 15.0. The van der Waals surface area contributed by atoms with Crippen LogP contribution in [-0.2, 0) is 9.47 Å². The summed E-state index contributed by atoms with van der Waals surface area (Å²) in [5.41, 5.74) is 2.48. The molecule has 4 heteroatoms. The van der Waals surface area contributed by atoms with Gasteiger partial charge >= 0.3 is 0 Å². The first kappa shape index (κ1) is 18.8. The van der Waals surface area contributed by atoms with Gasteiger partial charge in [-0.1, -0.05) is 0 Å². The Hall–Kier alpha value is -1.26. The zero-order chi connectivity index (χ0) is 16.5. The number of benzene rings is 1. The fourth-order valence-corrected chi connectivity index (χ4v) is 2.48. The van der Waals surface area contributed by atoms with Gasteiger partial charge < -0.3 is 19.3 Å². The molecule has 0 aromatic heterocycles. The molecule has 0 fully saturated rings. The van der Waals surface area contributed by atoms with Crippen LogP contribution in [0.5, 0.6) is 0 Å². The van der Waals surface area contributed by atoms with Crippen LogP contribution in [0.15, 0.2) is 24.3 Å². The van der Waals surface area contributed by atoms with Crippen molar-refractivity contribution in [2.75, 3.05) is 50.2 Å². The molecule has 0 heterocycles. The molecule has 2 atom stereocenters. The highest BCUT2D eigenvalue weighted by Gasteiger charge is 2.11. The summed E-state index contributed by atoms with van der Waals surface area (Å²) in [6, 6.07) is 8.78. The van der Waals surface area contributed by atoms with Crippen LogP contribution in [0, 0.1) is 0 Å². The monoisotopic (exact) mass is 308 g/mol. The molecule has 0 radical (unpaired) electrons. The van der Waals surface area contributed by atoms with Gasteiger partial charge in [-0.15, -0.1) is 0 Å². The molecule has 0 N–H and O–H groups in total. The van der Waals surface area contributed by atoms with Crippen molar-refractivity contribution >= 4 is 11.4 Å². The van der Waals surface area contributed by atoms with E-state index in [-0.39, 0.29) is 12.2 Å². The fraction of sp³-hybridized carbons (Fsp3) is 0.667. The van der Waals surface area contributed by atoms with Gasteiger partial charge in [0.15, 0.2) is 0 Å². The summed E-state index contributed by atoms with van der Waals surface area (Å²) in [7, 11) is 3.52. The van der Waals surface area contributed by atoms with Crippen molar-refractivity contribution in [2.24, 2.45) is 0 Å². The number of anilines is 2. The van der Waals surface area contributed by atoms with E-state index in [1.165, 1.54) is 11.4 Å². The molecule has 1 aromatic carbocycles. The maximum absolute atomic E-state index is 5.38. The molecule has 0 aliphatic heterocycles. The Morgan fingerprint density at radius 1 is 0.773 bits per heavy atom. The van der Waals surface area contributed by atoms with Gasteiger partial charge in [0.2, 0.25) is 0 Å². The Bertz CT molecular complexity index is 369. The first-order valence-electron chi connectivity index (χ1n) is 8.21. The Morgan fingerprint density at radius 3 is 1.32 bits per heavy atom. The summed E-state index contributed by atoms with van der Waals surface area (Å²) >= 11 is 0. The molecule has 1 rings (SSSR count). The molecule has 0 amide bonds. The Kier molecular flexibility index (Phi) is 8.28. The summed E-state index contributed by atoms with van der Waals surface area (Å²) in [5, 5.41) is 0. The van der Waals surface area contributed by atoms with Gasteiger partial charge in [-0.25, -0.2) is 0 Å². The van der Waals surface area contributed by atoms with E-state index in [1.807, 2.05) is 0 Å². The molecular formula is C18H32N2O2. The molecule has 0 aliphatic carbocycles. The zero-order valence-corrected chi connectivity index (χ0v) is 15.0. The van der Waals surface area contributed by atoms with E-state index in [0.717, 1.165) is 26.2 Å². The standard InChI is InChI=1S/C18H32N2O2/c1-7-19(13-15(3)21-5)17-9-11-18(12-10-17)20(8-2)14-16(4)22-6/h9-12,15-16H,7-8,13-14H2,1-6H3. The molecule has 0 saturated heterocycles. The maximum atomic E-state index is 5.38. The molecule has 2 unspecified atom stereocenters. The van der Waals surface area contributed by atoms with Crippen molar-refractivity contribution < 1.29 is 9.47 Å². The number of ether oxygens (including phenoxy) is 2. The Balaban J connectivity index is 2.78. The SMILES string of the molecule is CCN(CC(C)OC)c1ccc(N(CC)CC(C)OC)cc1. The lowest BCUT2D eigenvalue weighted by molar-refractivity contribution is 0.123. The minimum Gasteiger partial charge on any atom is -0.380 e. The first-order valence-corrected chi connectivity index (χ1v) is 8.21. The van der Waals surface area contributed by atoms with Crippen LogP contribution < -0.4 is 9.80 Å². The minimum atomic E-state index is 0.231. The summed E-state index contributed by atoms with van der Waals surface area (Å²) in [4.78, 5) is 4.68. The highest BCUT2D eigenvalue weighted by Crippen LogP contribution is 2.21. The van der Waals surface area contributed by atoms with Crippen molar-refractivity contribution in [3.05, 3.63) is 24.3 Å². The average molecular weight is 308 g/mol. The van der Waals surface area contributed by atoms with E-state index in [4.69, 9.17) is 9.47 Å². The van der Waals surface area contributed by atoms with Gasteiger partial charge in [0, 0.05) is 51.8 Å². The van der Waals surface area contributed by atoms with Gasteiger partial charge in [0.25, 0.3) is 0 Å². The fourth-order valence-electron chi connectivity index (χ4n) is 2.48. The maximum Gasteiger partial charge on any atom is 0.0718 e. The predicted octanol–water partition coefficient (Wildman–Crippen LogP) is 3.41. The van der Waals surface area contributed by atoms with Gasteiger partial charge in [0.1, 0.15) is 0 Å². The van der Waals surface area contributed by atoms with Crippen LogP contribution in [0.3, 0.4) is 0 Å². The molecule has 4 nitrogen and oxygen atoms in total. The van der Waals surface area contributed by atoms with Crippen molar-refractivity contribution in [3.63, 3.8) is 0 Å². The summed E-state index contributed by atoms with van der Waals surface area (Å²) < 4.78 is 10.8. The molecule has 0 bridgehead atoms.